The van der Waals surface area contributed by atoms with Crippen LogP contribution >= 0.6 is 11.3 Å². The van der Waals surface area contributed by atoms with E-state index in [1.165, 1.54) is 0 Å². The summed E-state index contributed by atoms with van der Waals surface area (Å²) in [6.07, 6.45) is 0. The van der Waals surface area contributed by atoms with Crippen LogP contribution in [0.1, 0.15) is 55.9 Å². The van der Waals surface area contributed by atoms with E-state index < -0.39 is 0 Å². The summed E-state index contributed by atoms with van der Waals surface area (Å²) in [5, 5.41) is 18.4. The fraction of sp³-hybridized carbons (Fsp3) is 0.636. The highest BCUT2D eigenvalue weighted by atomic mass is 32.1. The van der Waals surface area contributed by atoms with E-state index >= 15 is 0 Å². The molecule has 2 aromatic heterocycles. The first-order valence-electron chi connectivity index (χ1n) is 6.02. The molecule has 0 spiro atoms. The number of rotatable bonds is 4. The van der Waals surface area contributed by atoms with Crippen molar-refractivity contribution < 1.29 is 0 Å². The number of aromatic nitrogens is 5. The minimum atomic E-state index is 0.296. The van der Waals surface area contributed by atoms with E-state index in [-0.39, 0.29) is 0 Å². The van der Waals surface area contributed by atoms with Gasteiger partial charge in [0.1, 0.15) is 10.7 Å². The standard InChI is InChI=1S/C11H18N6S/c1-6(2)9-8(5-12)13-16-17(9)11-15-14-10(18-11)7(3)4/h6-7H,5,12H2,1-4H3. The Bertz CT molecular complexity index is 527. The third-order valence-electron chi connectivity index (χ3n) is 2.62. The van der Waals surface area contributed by atoms with Gasteiger partial charge in [-0.1, -0.05) is 44.2 Å². The second-order valence-corrected chi connectivity index (χ2v) is 5.76. The molecule has 0 unspecified atom stereocenters. The Morgan fingerprint density at radius 1 is 1.11 bits per heavy atom. The van der Waals surface area contributed by atoms with Crippen LogP contribution in [-0.4, -0.2) is 25.2 Å². The fourth-order valence-electron chi connectivity index (χ4n) is 1.73. The first-order valence-corrected chi connectivity index (χ1v) is 6.84. The van der Waals surface area contributed by atoms with Crippen LogP contribution in [0.2, 0.25) is 0 Å². The maximum absolute atomic E-state index is 5.68. The van der Waals surface area contributed by atoms with Crippen molar-refractivity contribution in [3.8, 4) is 5.13 Å². The van der Waals surface area contributed by atoms with Crippen LogP contribution < -0.4 is 5.73 Å². The van der Waals surface area contributed by atoms with E-state index in [1.807, 2.05) is 0 Å². The van der Waals surface area contributed by atoms with Gasteiger partial charge in [0.25, 0.3) is 0 Å². The van der Waals surface area contributed by atoms with Gasteiger partial charge in [-0.3, -0.25) is 0 Å². The zero-order valence-corrected chi connectivity index (χ0v) is 11.9. The second-order valence-electron chi connectivity index (χ2n) is 4.77. The Hall–Kier alpha value is -1.34. The van der Waals surface area contributed by atoms with E-state index in [9.17, 15) is 0 Å². The summed E-state index contributed by atoms with van der Waals surface area (Å²) < 4.78 is 1.76. The quantitative estimate of drug-likeness (QED) is 0.912. The summed E-state index contributed by atoms with van der Waals surface area (Å²) in [7, 11) is 0. The molecule has 0 aliphatic carbocycles. The number of nitrogens with two attached hydrogens (primary N) is 1. The Kier molecular flexibility index (Phi) is 3.72. The van der Waals surface area contributed by atoms with Gasteiger partial charge in [-0.25, -0.2) is 0 Å². The van der Waals surface area contributed by atoms with Crippen LogP contribution in [-0.2, 0) is 6.54 Å². The summed E-state index contributed by atoms with van der Waals surface area (Å²) in [6.45, 7) is 8.78. The highest BCUT2D eigenvalue weighted by Gasteiger charge is 2.19. The van der Waals surface area contributed by atoms with Gasteiger partial charge in [0.2, 0.25) is 5.13 Å². The highest BCUT2D eigenvalue weighted by molar-refractivity contribution is 7.13. The molecule has 0 saturated carbocycles. The number of hydrogen-bond donors (Lipinski definition) is 1. The number of nitrogens with zero attached hydrogens (tertiary/aromatic N) is 5. The largest absolute Gasteiger partial charge is 0.325 e. The van der Waals surface area contributed by atoms with E-state index in [1.54, 1.807) is 16.0 Å². The van der Waals surface area contributed by atoms with Gasteiger partial charge in [-0.05, 0) is 5.92 Å². The lowest BCUT2D eigenvalue weighted by Crippen LogP contribution is -2.07. The lowest BCUT2D eigenvalue weighted by molar-refractivity contribution is 0.702. The molecule has 7 heteroatoms. The zero-order chi connectivity index (χ0) is 13.3. The molecule has 0 aliphatic rings. The van der Waals surface area contributed by atoms with Crippen molar-refractivity contribution in [1.29, 1.82) is 0 Å². The minimum absolute atomic E-state index is 0.296. The summed E-state index contributed by atoms with van der Waals surface area (Å²) in [4.78, 5) is 0. The molecular formula is C11H18N6S. The van der Waals surface area contributed by atoms with E-state index in [2.05, 4.69) is 48.2 Å². The van der Waals surface area contributed by atoms with Crippen molar-refractivity contribution in [3.05, 3.63) is 16.4 Å². The molecule has 2 rings (SSSR count). The molecule has 0 aromatic carbocycles. The average Bonchev–Trinajstić information content (AvgIpc) is 2.94. The van der Waals surface area contributed by atoms with Crippen LogP contribution in [0.4, 0.5) is 0 Å². The van der Waals surface area contributed by atoms with Crippen molar-refractivity contribution in [3.63, 3.8) is 0 Å². The van der Waals surface area contributed by atoms with E-state index in [4.69, 9.17) is 5.73 Å². The highest BCUT2D eigenvalue weighted by Crippen LogP contribution is 2.25. The van der Waals surface area contributed by atoms with Crippen LogP contribution in [0.15, 0.2) is 0 Å². The molecule has 0 aliphatic heterocycles. The third-order valence-corrected chi connectivity index (χ3v) is 3.82. The summed E-state index contributed by atoms with van der Waals surface area (Å²) in [5.74, 6) is 0.668. The Morgan fingerprint density at radius 3 is 2.33 bits per heavy atom. The molecule has 0 radical (unpaired) electrons. The van der Waals surface area contributed by atoms with Gasteiger partial charge in [0.05, 0.1) is 5.69 Å². The van der Waals surface area contributed by atoms with Crippen molar-refractivity contribution in [2.45, 2.75) is 46.1 Å². The van der Waals surface area contributed by atoms with Crippen LogP contribution in [0.25, 0.3) is 5.13 Å². The summed E-state index contributed by atoms with van der Waals surface area (Å²) >= 11 is 1.55. The minimum Gasteiger partial charge on any atom is -0.325 e. The SMILES string of the molecule is CC(C)c1nnc(-n2nnc(CN)c2C(C)C)s1. The van der Waals surface area contributed by atoms with Crippen LogP contribution in [0.3, 0.4) is 0 Å². The predicted molar refractivity (Wildman–Crippen MR) is 70.9 cm³/mol. The first kappa shape index (κ1) is 13.1. The monoisotopic (exact) mass is 266 g/mol. The van der Waals surface area contributed by atoms with Gasteiger partial charge in [0, 0.05) is 12.5 Å². The van der Waals surface area contributed by atoms with Gasteiger partial charge < -0.3 is 5.73 Å². The van der Waals surface area contributed by atoms with Crippen LogP contribution in [0.5, 0.6) is 0 Å². The predicted octanol–water partition coefficient (Wildman–Crippen LogP) is 1.82. The third kappa shape index (κ3) is 2.28. The van der Waals surface area contributed by atoms with Crippen molar-refractivity contribution in [2.75, 3.05) is 0 Å². The van der Waals surface area contributed by atoms with E-state index in [0.717, 1.165) is 21.5 Å². The fourth-order valence-corrected chi connectivity index (χ4v) is 2.54. The first-order chi connectivity index (χ1) is 8.54. The van der Waals surface area contributed by atoms with Crippen molar-refractivity contribution >= 4 is 11.3 Å². The molecule has 0 saturated heterocycles. The molecule has 2 heterocycles. The Labute approximate surface area is 110 Å². The molecule has 0 fully saturated rings. The molecule has 18 heavy (non-hydrogen) atoms. The Morgan fingerprint density at radius 2 is 1.83 bits per heavy atom. The smallest absolute Gasteiger partial charge is 0.234 e. The number of hydrogen-bond acceptors (Lipinski definition) is 6. The molecule has 2 aromatic rings. The maximum atomic E-state index is 5.68. The van der Waals surface area contributed by atoms with E-state index in [0.29, 0.717) is 18.4 Å². The molecule has 0 amide bonds. The maximum Gasteiger partial charge on any atom is 0.234 e. The normalized spacial score (nSPS) is 11.7. The molecule has 2 N–H and O–H groups in total. The summed E-state index contributed by atoms with van der Waals surface area (Å²) in [6, 6.07) is 0. The van der Waals surface area contributed by atoms with Crippen LogP contribution in [0, 0.1) is 0 Å². The zero-order valence-electron chi connectivity index (χ0n) is 11.1. The van der Waals surface area contributed by atoms with Crippen molar-refractivity contribution in [2.24, 2.45) is 5.73 Å². The topological polar surface area (TPSA) is 82.5 Å². The van der Waals surface area contributed by atoms with Gasteiger partial charge in [0.15, 0.2) is 0 Å². The molecular weight excluding hydrogens is 248 g/mol. The molecule has 98 valence electrons. The lowest BCUT2D eigenvalue weighted by atomic mass is 10.1. The molecule has 0 atom stereocenters. The average molecular weight is 266 g/mol. The molecule has 0 bridgehead atoms. The van der Waals surface area contributed by atoms with Crippen molar-refractivity contribution in [1.82, 2.24) is 25.2 Å². The lowest BCUT2D eigenvalue weighted by Gasteiger charge is -2.07. The second kappa shape index (κ2) is 5.11. The van der Waals surface area contributed by atoms with Gasteiger partial charge >= 0.3 is 0 Å². The Balaban J connectivity index is 2.46. The van der Waals surface area contributed by atoms with Gasteiger partial charge in [-0.2, -0.15) is 4.68 Å². The summed E-state index contributed by atoms with van der Waals surface area (Å²) in [5.41, 5.74) is 7.53. The van der Waals surface area contributed by atoms with Gasteiger partial charge in [-0.15, -0.1) is 15.3 Å². The molecule has 6 nitrogen and oxygen atoms in total.